The van der Waals surface area contributed by atoms with Crippen LogP contribution < -0.4 is 11.1 Å². The lowest BCUT2D eigenvalue weighted by atomic mass is 9.97. The molecule has 5 aromatic rings. The number of rotatable bonds is 3. The summed E-state index contributed by atoms with van der Waals surface area (Å²) >= 11 is 6.22. The van der Waals surface area contributed by atoms with E-state index in [4.69, 9.17) is 27.3 Å². The molecule has 4 aromatic heterocycles. The third-order valence-electron chi connectivity index (χ3n) is 11.0. The molecule has 252 valence electrons. The third-order valence-corrected chi connectivity index (χ3v) is 11.2. The number of fused-ring (bicyclic) bond motifs is 5. The van der Waals surface area contributed by atoms with Crippen molar-refractivity contribution in [1.29, 1.82) is 0 Å². The molecule has 2 amide bonds. The average Bonchev–Trinajstić information content (AvgIpc) is 3.41. The van der Waals surface area contributed by atoms with Crippen molar-refractivity contribution >= 4 is 45.5 Å². The highest BCUT2D eigenvalue weighted by molar-refractivity contribution is 6.29. The molecular formula is C37H38ClFN8O2. The SMILES string of the molecule is C[C@H]1NC(=O)c2ccc(Cl)nc2CCCCCn2c(-c3nc4cc(C(=O)N5[C@H]6CC[C@@H]5[C@H](N)C6)cc(F)c4n3C3CC3)cc3ccc1nc32. The summed E-state index contributed by atoms with van der Waals surface area (Å²) < 4.78 is 20.4. The number of pyridine rings is 2. The number of aryl methyl sites for hydroxylation is 2. The predicted molar refractivity (Wildman–Crippen MR) is 185 cm³/mol. The highest BCUT2D eigenvalue weighted by Gasteiger charge is 2.47. The molecule has 0 unspecified atom stereocenters. The smallest absolute Gasteiger partial charge is 0.254 e. The fourth-order valence-electron chi connectivity index (χ4n) is 8.43. The Morgan fingerprint density at radius 1 is 1.00 bits per heavy atom. The number of nitrogens with one attached hydrogen (secondary N) is 1. The van der Waals surface area contributed by atoms with Crippen LogP contribution in [0.3, 0.4) is 0 Å². The Bertz CT molecular complexity index is 2170. The highest BCUT2D eigenvalue weighted by Crippen LogP contribution is 2.44. The predicted octanol–water partition coefficient (Wildman–Crippen LogP) is 6.50. The number of carbonyl (C=O) groups excluding carboxylic acids is 2. The van der Waals surface area contributed by atoms with Crippen LogP contribution in [0.5, 0.6) is 0 Å². The second kappa shape index (κ2) is 11.6. The first-order valence-electron chi connectivity index (χ1n) is 17.5. The van der Waals surface area contributed by atoms with E-state index in [1.165, 1.54) is 6.07 Å². The van der Waals surface area contributed by atoms with Gasteiger partial charge in [-0.15, -0.1) is 0 Å². The van der Waals surface area contributed by atoms with Crippen LogP contribution in [0.4, 0.5) is 4.39 Å². The summed E-state index contributed by atoms with van der Waals surface area (Å²) in [7, 11) is 0. The molecule has 10 nitrogen and oxygen atoms in total. The number of nitrogens with zero attached hydrogens (tertiary/aromatic N) is 6. The fourth-order valence-corrected chi connectivity index (χ4v) is 8.59. The first kappa shape index (κ1) is 30.7. The minimum absolute atomic E-state index is 0.0118. The van der Waals surface area contributed by atoms with Gasteiger partial charge in [-0.25, -0.2) is 19.3 Å². The van der Waals surface area contributed by atoms with E-state index in [9.17, 15) is 9.59 Å². The maximum absolute atomic E-state index is 16.2. The first-order chi connectivity index (χ1) is 23.7. The lowest BCUT2D eigenvalue weighted by molar-refractivity contribution is 0.0725. The number of carbonyl (C=O) groups is 2. The Morgan fingerprint density at radius 3 is 2.61 bits per heavy atom. The molecule has 1 aromatic carbocycles. The number of amides is 2. The molecule has 3 N–H and O–H groups in total. The van der Waals surface area contributed by atoms with E-state index in [1.54, 1.807) is 18.2 Å². The zero-order valence-electron chi connectivity index (χ0n) is 27.3. The molecule has 0 spiro atoms. The van der Waals surface area contributed by atoms with Crippen LogP contribution in [0.15, 0.2) is 42.5 Å². The largest absolute Gasteiger partial charge is 0.344 e. The zero-order valence-corrected chi connectivity index (χ0v) is 28.1. The Kier molecular flexibility index (Phi) is 7.28. The number of hydrogen-bond donors (Lipinski definition) is 2. The molecule has 1 aliphatic carbocycles. The molecule has 4 bridgehead atoms. The van der Waals surface area contributed by atoms with Gasteiger partial charge in [0.25, 0.3) is 11.8 Å². The number of hydrogen-bond acceptors (Lipinski definition) is 6. The van der Waals surface area contributed by atoms with Gasteiger partial charge in [-0.3, -0.25) is 9.59 Å². The summed E-state index contributed by atoms with van der Waals surface area (Å²) in [6.45, 7) is 2.61. The number of nitrogens with two attached hydrogens (primary N) is 1. The molecule has 12 heteroatoms. The number of aromatic nitrogens is 5. The molecule has 3 aliphatic heterocycles. The molecule has 2 saturated heterocycles. The second-order valence-corrected chi connectivity index (χ2v) is 14.6. The van der Waals surface area contributed by atoms with Gasteiger partial charge < -0.3 is 25.1 Å². The van der Waals surface area contributed by atoms with Gasteiger partial charge in [0.1, 0.15) is 22.1 Å². The summed E-state index contributed by atoms with van der Waals surface area (Å²) in [5.74, 6) is -0.124. The summed E-state index contributed by atoms with van der Waals surface area (Å²) in [4.78, 5) is 43.7. The lowest BCUT2D eigenvalue weighted by Crippen LogP contribution is -2.40. The Morgan fingerprint density at radius 2 is 1.84 bits per heavy atom. The van der Waals surface area contributed by atoms with Crippen molar-refractivity contribution in [3.63, 3.8) is 0 Å². The van der Waals surface area contributed by atoms with Gasteiger partial charge in [-0.1, -0.05) is 18.0 Å². The van der Waals surface area contributed by atoms with Gasteiger partial charge in [-0.2, -0.15) is 0 Å². The monoisotopic (exact) mass is 680 g/mol. The lowest BCUT2D eigenvalue weighted by Gasteiger charge is -2.23. The summed E-state index contributed by atoms with van der Waals surface area (Å²) in [6.07, 6.45) is 7.74. The molecule has 7 heterocycles. The molecule has 3 fully saturated rings. The third kappa shape index (κ3) is 5.12. The van der Waals surface area contributed by atoms with Crippen molar-refractivity contribution in [2.45, 2.75) is 101 Å². The van der Waals surface area contributed by atoms with Crippen molar-refractivity contribution < 1.29 is 14.0 Å². The van der Waals surface area contributed by atoms with E-state index in [2.05, 4.69) is 20.9 Å². The van der Waals surface area contributed by atoms with E-state index in [-0.39, 0.29) is 42.0 Å². The van der Waals surface area contributed by atoms with E-state index in [1.807, 2.05) is 28.5 Å². The number of imidazole rings is 1. The quantitative estimate of drug-likeness (QED) is 0.210. The Labute approximate surface area is 287 Å². The van der Waals surface area contributed by atoms with Gasteiger partial charge in [0, 0.05) is 41.7 Å². The van der Waals surface area contributed by atoms with Crippen LogP contribution in [0.1, 0.15) is 102 Å². The van der Waals surface area contributed by atoms with Crippen LogP contribution in [-0.2, 0) is 13.0 Å². The Hall–Kier alpha value is -4.35. The summed E-state index contributed by atoms with van der Waals surface area (Å²) in [5.41, 5.74) is 11.2. The van der Waals surface area contributed by atoms with Crippen LogP contribution in [0, 0.1) is 5.82 Å². The average molecular weight is 681 g/mol. The molecule has 9 rings (SSSR count). The topological polar surface area (TPSA) is 124 Å². The van der Waals surface area contributed by atoms with Gasteiger partial charge in [0.15, 0.2) is 5.82 Å². The Balaban J connectivity index is 1.13. The second-order valence-electron chi connectivity index (χ2n) is 14.2. The van der Waals surface area contributed by atoms with Crippen LogP contribution in [0.25, 0.3) is 33.6 Å². The molecule has 49 heavy (non-hydrogen) atoms. The van der Waals surface area contributed by atoms with Crippen molar-refractivity contribution in [3.8, 4) is 11.5 Å². The van der Waals surface area contributed by atoms with E-state index >= 15 is 4.39 Å². The maximum atomic E-state index is 16.2. The van der Waals surface area contributed by atoms with Gasteiger partial charge in [0.05, 0.1) is 34.2 Å². The van der Waals surface area contributed by atoms with Crippen molar-refractivity contribution in [2.75, 3.05) is 0 Å². The van der Waals surface area contributed by atoms with Crippen LogP contribution in [0.2, 0.25) is 5.15 Å². The van der Waals surface area contributed by atoms with Crippen LogP contribution in [-0.4, -0.2) is 58.9 Å². The van der Waals surface area contributed by atoms with E-state index in [0.717, 1.165) is 73.8 Å². The molecular weight excluding hydrogens is 643 g/mol. The fraction of sp³-hybridized carbons (Fsp3) is 0.432. The van der Waals surface area contributed by atoms with Crippen molar-refractivity contribution in [1.82, 2.24) is 34.3 Å². The normalized spacial score (nSPS) is 24.1. The molecule has 4 aliphatic rings. The molecule has 4 atom stereocenters. The summed E-state index contributed by atoms with van der Waals surface area (Å²) in [6, 6.07) is 12.5. The minimum Gasteiger partial charge on any atom is -0.344 e. The maximum Gasteiger partial charge on any atom is 0.254 e. The van der Waals surface area contributed by atoms with Gasteiger partial charge in [-0.05, 0) is 101 Å². The number of benzene rings is 1. The van der Waals surface area contributed by atoms with E-state index < -0.39 is 5.82 Å². The standard InChI is InChI=1S/C37H38ClFN8O2/c1-19-27-11-6-20-17-31(45(34(20)43-27)14-4-2-3-5-28-24(36(48)41-19)10-13-32(38)42-28)35-44-29-16-21(15-25(39)33(29)47(35)22-7-8-22)37(49)46-23-9-12-30(46)26(40)18-23/h6,10-11,13,15-17,19,22-23,26,30H,2-5,7-9,12,14,18,40H2,1H3,(H,41,48)/t19-,23+,26-,30-/m1/s1. The van der Waals surface area contributed by atoms with Crippen LogP contribution >= 0.6 is 11.6 Å². The first-order valence-corrected chi connectivity index (χ1v) is 17.9. The van der Waals surface area contributed by atoms with Crippen molar-refractivity contribution in [2.24, 2.45) is 5.73 Å². The molecule has 0 radical (unpaired) electrons. The zero-order chi connectivity index (χ0) is 33.6. The van der Waals surface area contributed by atoms with Gasteiger partial charge >= 0.3 is 0 Å². The van der Waals surface area contributed by atoms with Crippen molar-refractivity contribution in [3.05, 3.63) is 75.9 Å². The minimum atomic E-state index is -0.432. The summed E-state index contributed by atoms with van der Waals surface area (Å²) in [5, 5.41) is 4.42. The number of halogens is 2. The highest BCUT2D eigenvalue weighted by atomic mass is 35.5. The van der Waals surface area contributed by atoms with E-state index in [0.29, 0.717) is 51.8 Å². The molecule has 1 saturated carbocycles. The van der Waals surface area contributed by atoms with Gasteiger partial charge in [0.2, 0.25) is 0 Å².